The number of fused-ring (bicyclic) bond motifs is 1. The van der Waals surface area contributed by atoms with E-state index in [4.69, 9.17) is 0 Å². The number of rotatable bonds is 2. The third-order valence-corrected chi connectivity index (χ3v) is 3.25. The second kappa shape index (κ2) is 5.35. The molecule has 0 bridgehead atoms. The third kappa shape index (κ3) is 2.61. The van der Waals surface area contributed by atoms with Crippen LogP contribution in [0.4, 0.5) is 10.6 Å². The van der Waals surface area contributed by atoms with Crippen molar-refractivity contribution in [2.75, 3.05) is 12.4 Å². The minimum absolute atomic E-state index is 0.457. The Morgan fingerprint density at radius 1 is 1.44 bits per heavy atom. The van der Waals surface area contributed by atoms with E-state index in [1.807, 2.05) is 18.2 Å². The summed E-state index contributed by atoms with van der Waals surface area (Å²) in [6.45, 7) is 2.11. The molecule has 5 heteroatoms. The van der Waals surface area contributed by atoms with E-state index < -0.39 is 6.09 Å². The molecule has 0 aliphatic rings. The number of ether oxygens (including phenoxy) is 1. The van der Waals surface area contributed by atoms with Crippen LogP contribution < -0.4 is 5.32 Å². The zero-order chi connectivity index (χ0) is 13.1. The Balaban J connectivity index is 2.45. The highest BCUT2D eigenvalue weighted by Crippen LogP contribution is 2.26. The minimum Gasteiger partial charge on any atom is -0.453 e. The number of amides is 1. The van der Waals surface area contributed by atoms with Crippen molar-refractivity contribution in [3.05, 3.63) is 34.3 Å². The molecule has 0 aliphatic carbocycles. The van der Waals surface area contributed by atoms with E-state index in [9.17, 15) is 4.79 Å². The van der Waals surface area contributed by atoms with Gasteiger partial charge in [0.25, 0.3) is 0 Å². The molecule has 2 aromatic rings. The van der Waals surface area contributed by atoms with Crippen molar-refractivity contribution in [2.24, 2.45) is 0 Å². The van der Waals surface area contributed by atoms with Crippen LogP contribution in [0.5, 0.6) is 0 Å². The molecule has 4 nitrogen and oxygen atoms in total. The Kier molecular flexibility index (Phi) is 3.81. The van der Waals surface area contributed by atoms with Crippen LogP contribution in [0.1, 0.15) is 12.5 Å². The van der Waals surface area contributed by atoms with Crippen molar-refractivity contribution in [1.29, 1.82) is 0 Å². The summed E-state index contributed by atoms with van der Waals surface area (Å²) in [5, 5.41) is 3.60. The van der Waals surface area contributed by atoms with E-state index in [1.165, 1.54) is 12.7 Å². The normalized spacial score (nSPS) is 10.4. The number of hydrogen-bond acceptors (Lipinski definition) is 3. The lowest BCUT2D eigenvalue weighted by atomic mass is 10.1. The monoisotopic (exact) mass is 308 g/mol. The molecule has 94 valence electrons. The van der Waals surface area contributed by atoms with Crippen LogP contribution >= 0.6 is 15.9 Å². The van der Waals surface area contributed by atoms with E-state index in [-0.39, 0.29) is 0 Å². The predicted octanol–water partition coefficient (Wildman–Crippen LogP) is 3.74. The molecule has 0 aliphatic heterocycles. The summed E-state index contributed by atoms with van der Waals surface area (Å²) in [6.07, 6.45) is 0.447. The molecular weight excluding hydrogens is 296 g/mol. The Morgan fingerprint density at radius 2 is 2.22 bits per heavy atom. The molecule has 0 fully saturated rings. The van der Waals surface area contributed by atoms with Gasteiger partial charge in [0.1, 0.15) is 5.82 Å². The van der Waals surface area contributed by atoms with Gasteiger partial charge in [0, 0.05) is 5.39 Å². The number of nitrogens with one attached hydrogen (secondary N) is 1. The van der Waals surface area contributed by atoms with Crippen molar-refractivity contribution in [2.45, 2.75) is 13.3 Å². The van der Waals surface area contributed by atoms with E-state index in [0.29, 0.717) is 5.82 Å². The first-order chi connectivity index (χ1) is 8.63. The van der Waals surface area contributed by atoms with Gasteiger partial charge in [-0.25, -0.2) is 9.78 Å². The summed E-state index contributed by atoms with van der Waals surface area (Å²) < 4.78 is 5.28. The number of hydrogen-bond donors (Lipinski definition) is 1. The molecule has 1 aromatic carbocycles. The fourth-order valence-corrected chi connectivity index (χ4v) is 2.09. The quantitative estimate of drug-likeness (QED) is 0.919. The molecular formula is C13H13BrN2O2. The first-order valence-corrected chi connectivity index (χ1v) is 6.37. The molecule has 0 saturated heterocycles. The maximum absolute atomic E-state index is 11.2. The largest absolute Gasteiger partial charge is 0.453 e. The number of carbonyl (C=O) groups excluding carboxylic acids is 1. The zero-order valence-electron chi connectivity index (χ0n) is 10.2. The van der Waals surface area contributed by atoms with E-state index >= 15 is 0 Å². The second-order valence-corrected chi connectivity index (χ2v) is 4.67. The van der Waals surface area contributed by atoms with Crippen molar-refractivity contribution in [3.8, 4) is 0 Å². The highest BCUT2D eigenvalue weighted by molar-refractivity contribution is 9.10. The molecule has 0 saturated carbocycles. The summed E-state index contributed by atoms with van der Waals surface area (Å²) in [5.74, 6) is 0.457. The summed E-state index contributed by atoms with van der Waals surface area (Å²) in [5.41, 5.74) is 2.09. The topological polar surface area (TPSA) is 51.2 Å². The van der Waals surface area contributed by atoms with Crippen LogP contribution in [0, 0.1) is 0 Å². The molecule has 2 rings (SSSR count). The second-order valence-electron chi connectivity index (χ2n) is 3.82. The van der Waals surface area contributed by atoms with Gasteiger partial charge >= 0.3 is 6.09 Å². The fourth-order valence-electron chi connectivity index (χ4n) is 1.66. The van der Waals surface area contributed by atoms with Crippen LogP contribution in [0.25, 0.3) is 10.9 Å². The maximum atomic E-state index is 11.2. The number of nitrogens with zero attached hydrogens (tertiary/aromatic N) is 1. The van der Waals surface area contributed by atoms with Gasteiger partial charge in [-0.3, -0.25) is 5.32 Å². The average Bonchev–Trinajstić information content (AvgIpc) is 2.38. The lowest BCUT2D eigenvalue weighted by Crippen LogP contribution is -2.12. The molecule has 0 unspecified atom stereocenters. The zero-order valence-corrected chi connectivity index (χ0v) is 11.7. The number of anilines is 1. The van der Waals surface area contributed by atoms with Crippen LogP contribution in [-0.2, 0) is 11.2 Å². The van der Waals surface area contributed by atoms with Crippen molar-refractivity contribution in [3.63, 3.8) is 0 Å². The Labute approximate surface area is 113 Å². The first-order valence-electron chi connectivity index (χ1n) is 5.58. The van der Waals surface area contributed by atoms with Crippen molar-refractivity contribution >= 4 is 38.7 Å². The molecule has 1 amide bonds. The van der Waals surface area contributed by atoms with Gasteiger partial charge < -0.3 is 4.74 Å². The van der Waals surface area contributed by atoms with Crippen molar-refractivity contribution in [1.82, 2.24) is 4.98 Å². The molecule has 0 atom stereocenters. The summed E-state index contributed by atoms with van der Waals surface area (Å²) in [6, 6.07) is 8.01. The number of carbonyl (C=O) groups is 1. The molecule has 0 spiro atoms. The van der Waals surface area contributed by atoms with E-state index in [1.54, 1.807) is 0 Å². The summed E-state index contributed by atoms with van der Waals surface area (Å²) in [4.78, 5) is 15.6. The minimum atomic E-state index is -0.535. The number of aryl methyl sites for hydroxylation is 1. The first kappa shape index (κ1) is 12.8. The van der Waals surface area contributed by atoms with Crippen LogP contribution in [-0.4, -0.2) is 18.2 Å². The lowest BCUT2D eigenvalue weighted by molar-refractivity contribution is 0.187. The van der Waals surface area contributed by atoms with Gasteiger partial charge in [0.2, 0.25) is 0 Å². The van der Waals surface area contributed by atoms with Gasteiger partial charge in [-0.2, -0.15) is 0 Å². The molecule has 18 heavy (non-hydrogen) atoms. The summed E-state index contributed by atoms with van der Waals surface area (Å²) in [7, 11) is 1.32. The molecule has 1 N–H and O–H groups in total. The lowest BCUT2D eigenvalue weighted by Gasteiger charge is -2.08. The Hall–Kier alpha value is -1.62. The Bertz CT molecular complexity index is 599. The highest BCUT2D eigenvalue weighted by Gasteiger charge is 2.08. The standard InChI is InChI=1S/C13H13BrN2O2/c1-3-8-4-5-11-9(6-8)7-10(14)12(15-11)16-13(17)18-2/h4-7H,3H2,1-2H3,(H,15,16,17). The number of methoxy groups -OCH3 is 1. The average molecular weight is 309 g/mol. The van der Waals surface area contributed by atoms with Gasteiger partial charge in [-0.1, -0.05) is 13.0 Å². The summed E-state index contributed by atoms with van der Waals surface area (Å²) >= 11 is 3.39. The number of aromatic nitrogens is 1. The van der Waals surface area contributed by atoms with Crippen molar-refractivity contribution < 1.29 is 9.53 Å². The number of halogens is 1. The number of pyridine rings is 1. The van der Waals surface area contributed by atoms with Crippen LogP contribution in [0.2, 0.25) is 0 Å². The molecule has 1 heterocycles. The smallest absolute Gasteiger partial charge is 0.412 e. The van der Waals surface area contributed by atoms with Gasteiger partial charge in [0.15, 0.2) is 0 Å². The van der Waals surface area contributed by atoms with Crippen LogP contribution in [0.3, 0.4) is 0 Å². The molecule has 1 aromatic heterocycles. The predicted molar refractivity (Wildman–Crippen MR) is 74.8 cm³/mol. The van der Waals surface area contributed by atoms with Gasteiger partial charge in [-0.05, 0) is 46.1 Å². The third-order valence-electron chi connectivity index (χ3n) is 2.65. The fraction of sp³-hybridized carbons (Fsp3) is 0.231. The SMILES string of the molecule is CCc1ccc2nc(NC(=O)OC)c(Br)cc2c1. The highest BCUT2D eigenvalue weighted by atomic mass is 79.9. The van der Waals surface area contributed by atoms with E-state index in [0.717, 1.165) is 21.8 Å². The Morgan fingerprint density at radius 3 is 2.89 bits per heavy atom. The maximum Gasteiger partial charge on any atom is 0.412 e. The molecule has 0 radical (unpaired) electrons. The van der Waals surface area contributed by atoms with Gasteiger partial charge in [-0.15, -0.1) is 0 Å². The number of benzene rings is 1. The van der Waals surface area contributed by atoms with Gasteiger partial charge in [0.05, 0.1) is 17.1 Å². The van der Waals surface area contributed by atoms with Crippen LogP contribution in [0.15, 0.2) is 28.7 Å². The van der Waals surface area contributed by atoms with E-state index in [2.05, 4.69) is 44.0 Å².